The molecule has 0 atom stereocenters. The largest absolute Gasteiger partial charge is 0.461 e. The number of hydrogen-bond acceptors (Lipinski definition) is 6. The number of rotatable bonds is 5. The van der Waals surface area contributed by atoms with E-state index in [4.69, 9.17) is 16.3 Å². The molecule has 0 aliphatic heterocycles. The van der Waals surface area contributed by atoms with Crippen molar-refractivity contribution in [3.05, 3.63) is 67.4 Å². The van der Waals surface area contributed by atoms with Crippen LogP contribution in [0.25, 0.3) is 11.0 Å². The molecular formula is C17H15ClN4O4. The van der Waals surface area contributed by atoms with Gasteiger partial charge in [0.15, 0.2) is 0 Å². The molecule has 0 radical (unpaired) electrons. The molecule has 0 aliphatic carbocycles. The summed E-state index contributed by atoms with van der Waals surface area (Å²) in [5.74, 6) is -0.447. The monoisotopic (exact) mass is 374 g/mol. The molecule has 3 N–H and O–H groups in total. The first kappa shape index (κ1) is 17.7. The van der Waals surface area contributed by atoms with Crippen LogP contribution in [0.15, 0.2) is 40.1 Å². The quantitative estimate of drug-likeness (QED) is 0.587. The lowest BCUT2D eigenvalue weighted by atomic mass is 10.1. The molecule has 0 aliphatic rings. The number of pyridine rings is 1. The average molecular weight is 375 g/mol. The van der Waals surface area contributed by atoms with Crippen LogP contribution in [0.2, 0.25) is 5.02 Å². The number of H-pyrrole nitrogens is 2. The normalized spacial score (nSPS) is 10.7. The summed E-state index contributed by atoms with van der Waals surface area (Å²) in [5, 5.41) is 4.02. The molecule has 0 unspecified atom stereocenters. The van der Waals surface area contributed by atoms with E-state index in [0.717, 1.165) is 5.69 Å². The Bertz CT molecular complexity index is 1070. The van der Waals surface area contributed by atoms with E-state index in [0.29, 0.717) is 16.1 Å². The highest BCUT2D eigenvalue weighted by molar-refractivity contribution is 6.30. The molecule has 26 heavy (non-hydrogen) atoms. The summed E-state index contributed by atoms with van der Waals surface area (Å²) in [6.45, 7) is 1.52. The van der Waals surface area contributed by atoms with Crippen molar-refractivity contribution in [3.8, 4) is 0 Å². The van der Waals surface area contributed by atoms with E-state index in [1.165, 1.54) is 13.1 Å². The molecule has 9 heteroatoms. The highest BCUT2D eigenvalue weighted by atomic mass is 35.5. The van der Waals surface area contributed by atoms with Crippen molar-refractivity contribution in [3.63, 3.8) is 0 Å². The van der Waals surface area contributed by atoms with Crippen molar-refractivity contribution in [2.75, 3.05) is 5.32 Å². The number of esters is 1. The Labute approximate surface area is 152 Å². The van der Waals surface area contributed by atoms with Crippen molar-refractivity contribution in [1.29, 1.82) is 0 Å². The van der Waals surface area contributed by atoms with Crippen LogP contribution in [0, 0.1) is 0 Å². The Morgan fingerprint density at radius 2 is 1.96 bits per heavy atom. The van der Waals surface area contributed by atoms with Crippen molar-refractivity contribution in [1.82, 2.24) is 15.0 Å². The fourth-order valence-corrected chi connectivity index (χ4v) is 2.62. The number of nitrogens with zero attached hydrogens (tertiary/aromatic N) is 1. The van der Waals surface area contributed by atoms with Crippen LogP contribution >= 0.6 is 11.6 Å². The van der Waals surface area contributed by atoms with E-state index in [-0.39, 0.29) is 24.2 Å². The lowest BCUT2D eigenvalue weighted by molar-refractivity contribution is -0.142. The first-order valence-corrected chi connectivity index (χ1v) is 8.07. The van der Waals surface area contributed by atoms with E-state index in [9.17, 15) is 14.4 Å². The number of halogens is 1. The predicted octanol–water partition coefficient (Wildman–Crippen LogP) is 1.94. The summed E-state index contributed by atoms with van der Waals surface area (Å²) >= 11 is 5.87. The van der Waals surface area contributed by atoms with E-state index >= 15 is 0 Å². The molecule has 8 nitrogen and oxygen atoms in total. The van der Waals surface area contributed by atoms with Crippen LogP contribution in [-0.4, -0.2) is 20.9 Å². The molecule has 0 fully saturated rings. The van der Waals surface area contributed by atoms with Crippen molar-refractivity contribution in [2.24, 2.45) is 0 Å². The fourth-order valence-electron chi connectivity index (χ4n) is 2.50. The molecule has 0 saturated heterocycles. The smallest absolute Gasteiger partial charge is 0.327 e. The average Bonchev–Trinajstić information content (AvgIpc) is 2.59. The van der Waals surface area contributed by atoms with Crippen LogP contribution in [0.3, 0.4) is 0 Å². The summed E-state index contributed by atoms with van der Waals surface area (Å²) in [7, 11) is 0. The highest BCUT2D eigenvalue weighted by Crippen LogP contribution is 2.20. The van der Waals surface area contributed by atoms with E-state index in [1.54, 1.807) is 24.3 Å². The van der Waals surface area contributed by atoms with Crippen molar-refractivity contribution in [2.45, 2.75) is 20.1 Å². The maximum atomic E-state index is 12.3. The SMILES string of the molecule is CC(=O)OCc1cnc2[nH]c(=O)[nH]c(=O)c2c1CNc1ccc(Cl)cc1. The number of aromatic nitrogens is 3. The minimum Gasteiger partial charge on any atom is -0.461 e. The topological polar surface area (TPSA) is 117 Å². The van der Waals surface area contributed by atoms with Gasteiger partial charge in [0.05, 0.1) is 5.39 Å². The number of aromatic amines is 2. The van der Waals surface area contributed by atoms with Gasteiger partial charge in [0.1, 0.15) is 12.3 Å². The summed E-state index contributed by atoms with van der Waals surface area (Å²) in [6.07, 6.45) is 1.47. The third kappa shape index (κ3) is 3.92. The molecule has 0 saturated carbocycles. The third-order valence-corrected chi connectivity index (χ3v) is 3.96. The van der Waals surface area contributed by atoms with Gasteiger partial charge in [-0.3, -0.25) is 19.6 Å². The van der Waals surface area contributed by atoms with Crippen molar-refractivity contribution >= 4 is 34.3 Å². The van der Waals surface area contributed by atoms with Gasteiger partial charge in [0, 0.05) is 35.9 Å². The number of carbonyl (C=O) groups is 1. The van der Waals surface area contributed by atoms with Gasteiger partial charge in [0.2, 0.25) is 0 Å². The minimum absolute atomic E-state index is 0.0333. The number of anilines is 1. The van der Waals surface area contributed by atoms with Gasteiger partial charge < -0.3 is 10.1 Å². The van der Waals surface area contributed by atoms with Gasteiger partial charge in [-0.15, -0.1) is 0 Å². The van der Waals surface area contributed by atoms with Crippen LogP contribution in [-0.2, 0) is 22.7 Å². The van der Waals surface area contributed by atoms with Gasteiger partial charge in [-0.05, 0) is 29.8 Å². The van der Waals surface area contributed by atoms with Crippen LogP contribution in [0.1, 0.15) is 18.1 Å². The van der Waals surface area contributed by atoms with E-state index < -0.39 is 17.2 Å². The number of nitrogens with one attached hydrogen (secondary N) is 3. The second-order valence-corrected chi connectivity index (χ2v) is 5.97. The minimum atomic E-state index is -0.639. The van der Waals surface area contributed by atoms with Crippen LogP contribution in [0.4, 0.5) is 5.69 Å². The van der Waals surface area contributed by atoms with Gasteiger partial charge in [0.25, 0.3) is 5.56 Å². The second-order valence-electron chi connectivity index (χ2n) is 5.53. The van der Waals surface area contributed by atoms with E-state index in [1.807, 2.05) is 0 Å². The lowest BCUT2D eigenvalue weighted by Gasteiger charge is -2.13. The Kier molecular flexibility index (Phi) is 5.04. The maximum Gasteiger partial charge on any atom is 0.327 e. The van der Waals surface area contributed by atoms with Crippen molar-refractivity contribution < 1.29 is 9.53 Å². The number of hydrogen-bond donors (Lipinski definition) is 3. The zero-order chi connectivity index (χ0) is 18.7. The standard InChI is InChI=1S/C17H15ClN4O4/c1-9(23)26-8-10-6-20-15-14(16(24)22-17(25)21-15)13(10)7-19-12-4-2-11(18)3-5-12/h2-6,19H,7-8H2,1H3,(H2,20,21,22,24,25). The lowest BCUT2D eigenvalue weighted by Crippen LogP contribution is -2.24. The fraction of sp³-hybridized carbons (Fsp3) is 0.176. The number of carbonyl (C=O) groups excluding carboxylic acids is 1. The Balaban J connectivity index is 2.04. The molecule has 1 aromatic carbocycles. The highest BCUT2D eigenvalue weighted by Gasteiger charge is 2.14. The maximum absolute atomic E-state index is 12.3. The molecule has 0 bridgehead atoms. The molecular weight excluding hydrogens is 360 g/mol. The molecule has 0 amide bonds. The first-order valence-electron chi connectivity index (χ1n) is 7.70. The summed E-state index contributed by atoms with van der Waals surface area (Å²) in [6, 6.07) is 7.06. The molecule has 0 spiro atoms. The molecule has 134 valence electrons. The van der Waals surface area contributed by atoms with Gasteiger partial charge in [-0.1, -0.05) is 11.6 Å². The molecule has 3 aromatic rings. The van der Waals surface area contributed by atoms with Gasteiger partial charge >= 0.3 is 11.7 Å². The van der Waals surface area contributed by atoms with Crippen LogP contribution < -0.4 is 16.6 Å². The first-order chi connectivity index (χ1) is 12.4. The van der Waals surface area contributed by atoms with E-state index in [2.05, 4.69) is 20.3 Å². The zero-order valence-electron chi connectivity index (χ0n) is 13.8. The summed E-state index contributed by atoms with van der Waals surface area (Å²) in [4.78, 5) is 43.7. The Morgan fingerprint density at radius 3 is 2.65 bits per heavy atom. The Hall–Kier alpha value is -3.13. The Morgan fingerprint density at radius 1 is 1.23 bits per heavy atom. The number of benzene rings is 1. The summed E-state index contributed by atoms with van der Waals surface area (Å²) < 4.78 is 5.04. The second kappa shape index (κ2) is 7.40. The number of ether oxygens (including phenoxy) is 1. The summed E-state index contributed by atoms with van der Waals surface area (Å²) in [5.41, 5.74) is 0.889. The zero-order valence-corrected chi connectivity index (χ0v) is 14.5. The molecule has 2 heterocycles. The van der Waals surface area contributed by atoms with Gasteiger partial charge in [-0.25, -0.2) is 9.78 Å². The number of fused-ring (bicyclic) bond motifs is 1. The third-order valence-electron chi connectivity index (χ3n) is 3.71. The van der Waals surface area contributed by atoms with Gasteiger partial charge in [-0.2, -0.15) is 0 Å². The molecule has 2 aromatic heterocycles. The molecule has 3 rings (SSSR count). The predicted molar refractivity (Wildman–Crippen MR) is 97.2 cm³/mol. The van der Waals surface area contributed by atoms with Crippen LogP contribution in [0.5, 0.6) is 0 Å².